The first-order chi connectivity index (χ1) is 11.6. The van der Waals surface area contributed by atoms with Crippen molar-refractivity contribution in [2.75, 3.05) is 12.0 Å². The van der Waals surface area contributed by atoms with Gasteiger partial charge in [-0.1, -0.05) is 24.3 Å². The molecule has 1 heterocycles. The quantitative estimate of drug-likeness (QED) is 0.688. The second-order valence-corrected chi connectivity index (χ2v) is 7.84. The molecule has 1 aromatic rings. The summed E-state index contributed by atoms with van der Waals surface area (Å²) >= 11 is 0. The maximum atomic E-state index is 12.9. The normalized spacial score (nSPS) is 38.3. The molecule has 3 fully saturated rings. The van der Waals surface area contributed by atoms with Crippen molar-refractivity contribution >= 4 is 17.5 Å². The van der Waals surface area contributed by atoms with Gasteiger partial charge in [-0.05, 0) is 61.1 Å². The number of nitrogens with zero attached hydrogens (tertiary/aromatic N) is 1. The molecular weight excluding hydrogens is 300 g/mol. The van der Waals surface area contributed by atoms with E-state index in [2.05, 4.69) is 37.4 Å². The van der Waals surface area contributed by atoms with Gasteiger partial charge in [-0.15, -0.1) is 0 Å². The number of likely N-dealkylation sites (tertiary alicyclic amines) is 1. The molecule has 0 aromatic heterocycles. The minimum Gasteiger partial charge on any atom is -0.367 e. The molecule has 4 heteroatoms. The van der Waals surface area contributed by atoms with Crippen LogP contribution in [-0.4, -0.2) is 23.4 Å². The minimum absolute atomic E-state index is 0.0347. The Morgan fingerprint density at radius 2 is 1.67 bits per heavy atom. The Labute approximate surface area is 141 Å². The van der Waals surface area contributed by atoms with Crippen LogP contribution in [0.1, 0.15) is 17.5 Å². The van der Waals surface area contributed by atoms with E-state index in [1.807, 2.05) is 12.1 Å². The number of hydrogen-bond donors (Lipinski definition) is 1. The molecule has 6 atom stereocenters. The molecule has 2 saturated carbocycles. The Bertz CT molecular complexity index is 748. The number of anilines is 1. The molecular formula is C20H22N2O2. The second-order valence-electron chi connectivity index (χ2n) is 7.84. The van der Waals surface area contributed by atoms with Gasteiger partial charge < -0.3 is 5.32 Å². The third-order valence-corrected chi connectivity index (χ3v) is 6.79. The van der Waals surface area contributed by atoms with Crippen LogP contribution in [0.5, 0.6) is 0 Å². The third kappa shape index (κ3) is 1.74. The maximum Gasteiger partial charge on any atom is 0.235 e. The molecule has 5 aliphatic rings. The van der Waals surface area contributed by atoms with Crippen LogP contribution in [0.2, 0.25) is 0 Å². The smallest absolute Gasteiger partial charge is 0.235 e. The van der Waals surface area contributed by atoms with Crippen LogP contribution in [0.25, 0.3) is 0 Å². The highest BCUT2D eigenvalue weighted by atomic mass is 16.2. The van der Waals surface area contributed by atoms with Gasteiger partial charge in [-0.25, -0.2) is 0 Å². The van der Waals surface area contributed by atoms with E-state index < -0.39 is 0 Å². The van der Waals surface area contributed by atoms with E-state index in [1.165, 1.54) is 16.9 Å². The monoisotopic (exact) mass is 322 g/mol. The molecule has 1 aromatic carbocycles. The summed E-state index contributed by atoms with van der Waals surface area (Å²) in [4.78, 5) is 27.3. The summed E-state index contributed by atoms with van der Waals surface area (Å²) in [6, 6.07) is 6.06. The predicted octanol–water partition coefficient (Wildman–Crippen LogP) is 2.73. The molecule has 4 nitrogen and oxygen atoms in total. The van der Waals surface area contributed by atoms with Gasteiger partial charge in [0.15, 0.2) is 0 Å². The number of nitrogens with one attached hydrogen (secondary N) is 1. The number of aryl methyl sites for hydroxylation is 1. The molecule has 0 spiro atoms. The topological polar surface area (TPSA) is 49.4 Å². The Morgan fingerprint density at radius 3 is 2.29 bits per heavy atom. The van der Waals surface area contributed by atoms with Crippen LogP contribution in [-0.2, 0) is 9.59 Å². The van der Waals surface area contributed by atoms with Crippen LogP contribution in [0.3, 0.4) is 0 Å². The maximum absolute atomic E-state index is 12.9. The predicted molar refractivity (Wildman–Crippen MR) is 91.0 cm³/mol. The van der Waals surface area contributed by atoms with Crippen LogP contribution in [0.4, 0.5) is 5.69 Å². The van der Waals surface area contributed by atoms with Gasteiger partial charge in [0, 0.05) is 5.69 Å². The van der Waals surface area contributed by atoms with Crippen molar-refractivity contribution < 1.29 is 9.59 Å². The average Bonchev–Trinajstić information content (AvgIpc) is 3.35. The van der Waals surface area contributed by atoms with Crippen molar-refractivity contribution in [1.29, 1.82) is 0 Å². The number of benzene rings is 1. The first-order valence-electron chi connectivity index (χ1n) is 8.91. The zero-order valence-electron chi connectivity index (χ0n) is 14.0. The third-order valence-electron chi connectivity index (χ3n) is 6.79. The molecule has 1 N–H and O–H groups in total. The fraction of sp³-hybridized carbons (Fsp3) is 0.500. The SMILES string of the molecule is Cc1cccc(NCN2C(=O)[C@@H]3[C@H]4C=C[C@H]([C@H]5C[C@H]45)[C@@H]3C2=O)c1C. The van der Waals surface area contributed by atoms with E-state index in [9.17, 15) is 9.59 Å². The Hall–Kier alpha value is -2.10. The summed E-state index contributed by atoms with van der Waals surface area (Å²) in [5.41, 5.74) is 3.36. The average molecular weight is 322 g/mol. The van der Waals surface area contributed by atoms with E-state index in [-0.39, 0.29) is 30.3 Å². The van der Waals surface area contributed by atoms with E-state index in [4.69, 9.17) is 0 Å². The molecule has 1 aliphatic heterocycles. The van der Waals surface area contributed by atoms with Crippen molar-refractivity contribution in [1.82, 2.24) is 4.90 Å². The Morgan fingerprint density at radius 1 is 1.04 bits per heavy atom. The first-order valence-corrected chi connectivity index (χ1v) is 8.91. The van der Waals surface area contributed by atoms with Gasteiger partial charge in [0.25, 0.3) is 0 Å². The van der Waals surface area contributed by atoms with Crippen molar-refractivity contribution in [2.45, 2.75) is 20.3 Å². The number of rotatable bonds is 3. The fourth-order valence-electron chi connectivity index (χ4n) is 5.28. The number of carbonyl (C=O) groups is 2. The molecule has 0 radical (unpaired) electrons. The van der Waals surface area contributed by atoms with Crippen LogP contribution >= 0.6 is 0 Å². The van der Waals surface area contributed by atoms with Gasteiger partial charge in [-0.3, -0.25) is 14.5 Å². The van der Waals surface area contributed by atoms with Gasteiger partial charge >= 0.3 is 0 Å². The zero-order valence-corrected chi connectivity index (χ0v) is 14.0. The minimum atomic E-state index is -0.100. The second kappa shape index (κ2) is 4.71. The van der Waals surface area contributed by atoms with Crippen LogP contribution < -0.4 is 5.32 Å². The summed E-state index contributed by atoms with van der Waals surface area (Å²) < 4.78 is 0. The number of amides is 2. The van der Waals surface area contributed by atoms with Crippen molar-refractivity contribution in [3.05, 3.63) is 41.5 Å². The largest absolute Gasteiger partial charge is 0.367 e. The van der Waals surface area contributed by atoms with Crippen LogP contribution in [0.15, 0.2) is 30.4 Å². The lowest BCUT2D eigenvalue weighted by molar-refractivity contribution is -0.139. The van der Waals surface area contributed by atoms with Gasteiger partial charge in [-0.2, -0.15) is 0 Å². The highest BCUT2D eigenvalue weighted by molar-refractivity contribution is 6.06. The van der Waals surface area contributed by atoms with Crippen molar-refractivity contribution in [3.8, 4) is 0 Å². The summed E-state index contributed by atoms with van der Waals surface area (Å²) in [5.74, 6) is 1.78. The summed E-state index contributed by atoms with van der Waals surface area (Å²) in [5, 5.41) is 3.30. The van der Waals surface area contributed by atoms with E-state index in [0.29, 0.717) is 23.7 Å². The lowest BCUT2D eigenvalue weighted by Crippen LogP contribution is -2.40. The first kappa shape index (κ1) is 14.3. The molecule has 24 heavy (non-hydrogen) atoms. The molecule has 6 rings (SSSR count). The summed E-state index contributed by atoms with van der Waals surface area (Å²) in [6.45, 7) is 4.41. The van der Waals surface area contributed by atoms with Gasteiger partial charge in [0.1, 0.15) is 0 Å². The lowest BCUT2D eigenvalue weighted by atomic mass is 9.63. The number of imide groups is 1. The standard InChI is InChI=1S/C20H22N2O2/c1-10-4-3-5-16(11(10)2)21-9-22-19(23)17-12-6-7-13(15-8-14(12)15)18(17)20(22)24/h3-7,12-15,17-18,21H,8-9H2,1-2H3/t12-,13+,14-,15-,17+,18-/m1/s1. The zero-order chi connectivity index (χ0) is 16.6. The molecule has 4 aliphatic carbocycles. The van der Waals surface area contributed by atoms with E-state index >= 15 is 0 Å². The number of hydrogen-bond acceptors (Lipinski definition) is 3. The van der Waals surface area contributed by atoms with Gasteiger partial charge in [0.2, 0.25) is 11.8 Å². The Balaban J connectivity index is 1.38. The molecule has 1 saturated heterocycles. The fourth-order valence-corrected chi connectivity index (χ4v) is 5.28. The highest BCUT2D eigenvalue weighted by Crippen LogP contribution is 2.65. The van der Waals surface area contributed by atoms with Crippen molar-refractivity contribution in [3.63, 3.8) is 0 Å². The van der Waals surface area contributed by atoms with E-state index in [1.54, 1.807) is 0 Å². The molecule has 2 bridgehead atoms. The number of carbonyl (C=O) groups excluding carboxylic acids is 2. The molecule has 124 valence electrons. The Kier molecular flexibility index (Phi) is 2.80. The number of allylic oxidation sites excluding steroid dienone is 2. The highest BCUT2D eigenvalue weighted by Gasteiger charge is 2.66. The van der Waals surface area contributed by atoms with Gasteiger partial charge in [0.05, 0.1) is 18.5 Å². The van der Waals surface area contributed by atoms with Crippen molar-refractivity contribution in [2.24, 2.45) is 35.5 Å². The summed E-state index contributed by atoms with van der Waals surface area (Å²) in [7, 11) is 0. The lowest BCUT2D eigenvalue weighted by Gasteiger charge is -2.37. The van der Waals surface area contributed by atoms with Crippen LogP contribution in [0, 0.1) is 49.4 Å². The van der Waals surface area contributed by atoms with E-state index in [0.717, 1.165) is 11.3 Å². The molecule has 2 amide bonds. The summed E-state index contributed by atoms with van der Waals surface area (Å²) in [6.07, 6.45) is 5.64. The molecule has 0 unspecified atom stereocenters.